The van der Waals surface area contributed by atoms with Crippen molar-refractivity contribution in [1.29, 1.82) is 0 Å². The van der Waals surface area contributed by atoms with E-state index >= 15 is 0 Å². The first-order chi connectivity index (χ1) is 7.29. The Hall–Kier alpha value is -0.340. The molecular weight excluding hydrogens is 252 g/mol. The van der Waals surface area contributed by atoms with Gasteiger partial charge in [-0.05, 0) is 18.4 Å². The Labute approximate surface area is 99.6 Å². The van der Waals surface area contributed by atoms with Crippen LogP contribution in [0.4, 0.5) is 0 Å². The van der Waals surface area contributed by atoms with Crippen LogP contribution in [0.3, 0.4) is 0 Å². The van der Waals surface area contributed by atoms with Crippen LogP contribution in [0.5, 0.6) is 0 Å². The zero-order chi connectivity index (χ0) is 10.7. The highest BCUT2D eigenvalue weighted by atomic mass is 79.9. The Balaban J connectivity index is 2.35. The molecule has 1 nitrogen and oxygen atoms in total. The highest BCUT2D eigenvalue weighted by molar-refractivity contribution is 9.09. The van der Waals surface area contributed by atoms with Gasteiger partial charge in [-0.3, -0.25) is 0 Å². The Morgan fingerprint density at radius 3 is 2.33 bits per heavy atom. The summed E-state index contributed by atoms with van der Waals surface area (Å²) in [6.45, 7) is 0. The smallest absolute Gasteiger partial charge is 0.0733 e. The van der Waals surface area contributed by atoms with E-state index in [0.29, 0.717) is 5.33 Å². The normalized spacial score (nSPS) is 21.5. The van der Waals surface area contributed by atoms with Crippen molar-refractivity contribution in [3.8, 4) is 0 Å². The van der Waals surface area contributed by atoms with Crippen molar-refractivity contribution in [2.75, 3.05) is 5.33 Å². The average molecular weight is 269 g/mol. The fraction of sp³-hybridized carbons (Fsp3) is 0.538. The molecule has 1 unspecified atom stereocenters. The number of aliphatic hydroxyl groups is 1. The molecule has 0 aliphatic heterocycles. The maximum Gasteiger partial charge on any atom is 0.0733 e. The molecule has 0 aromatic heterocycles. The van der Waals surface area contributed by atoms with Crippen LogP contribution >= 0.6 is 15.9 Å². The summed E-state index contributed by atoms with van der Waals surface area (Å²) in [5, 5.41) is 10.9. The summed E-state index contributed by atoms with van der Waals surface area (Å²) in [5.74, 6) is 0. The van der Waals surface area contributed by atoms with Crippen LogP contribution in [0.25, 0.3) is 0 Å². The molecule has 1 fully saturated rings. The first-order valence-corrected chi connectivity index (χ1v) is 6.71. The molecule has 1 N–H and O–H groups in total. The van der Waals surface area contributed by atoms with Crippen molar-refractivity contribution < 1.29 is 5.11 Å². The van der Waals surface area contributed by atoms with Gasteiger partial charge in [0.2, 0.25) is 0 Å². The molecule has 2 rings (SSSR count). The fourth-order valence-corrected chi connectivity index (χ4v) is 3.36. The largest absolute Gasteiger partial charge is 0.391 e. The first kappa shape index (κ1) is 11.2. The van der Waals surface area contributed by atoms with Crippen LogP contribution in [0.15, 0.2) is 30.3 Å². The lowest BCUT2D eigenvalue weighted by atomic mass is 9.75. The van der Waals surface area contributed by atoms with Gasteiger partial charge in [0.1, 0.15) is 0 Å². The fourth-order valence-electron chi connectivity index (χ4n) is 2.74. The molecule has 0 radical (unpaired) electrons. The maximum absolute atomic E-state index is 10.2. The van der Waals surface area contributed by atoms with Crippen LogP contribution in [-0.2, 0) is 5.41 Å². The van der Waals surface area contributed by atoms with Crippen molar-refractivity contribution >= 4 is 15.9 Å². The number of hydrogen-bond acceptors (Lipinski definition) is 1. The second kappa shape index (κ2) is 4.67. The van der Waals surface area contributed by atoms with Crippen LogP contribution in [-0.4, -0.2) is 16.5 Å². The minimum absolute atomic E-state index is 0.00472. The molecule has 82 valence electrons. The molecule has 1 atom stereocenters. The van der Waals surface area contributed by atoms with Gasteiger partial charge in [-0.2, -0.15) is 0 Å². The third-order valence-electron chi connectivity index (χ3n) is 3.63. The summed E-state index contributed by atoms with van der Waals surface area (Å²) in [7, 11) is 0. The van der Waals surface area contributed by atoms with Crippen molar-refractivity contribution in [3.63, 3.8) is 0 Å². The lowest BCUT2D eigenvalue weighted by molar-refractivity contribution is 0.105. The van der Waals surface area contributed by atoms with Crippen LogP contribution < -0.4 is 0 Å². The molecule has 2 heteroatoms. The van der Waals surface area contributed by atoms with Crippen LogP contribution in [0, 0.1) is 0 Å². The van der Waals surface area contributed by atoms with Crippen molar-refractivity contribution in [2.45, 2.75) is 37.2 Å². The number of halogens is 1. The highest BCUT2D eigenvalue weighted by Crippen LogP contribution is 2.44. The van der Waals surface area contributed by atoms with E-state index in [1.807, 2.05) is 6.07 Å². The summed E-state index contributed by atoms with van der Waals surface area (Å²) >= 11 is 3.41. The molecule has 1 saturated carbocycles. The molecule has 0 saturated heterocycles. The predicted octanol–water partition coefficient (Wildman–Crippen LogP) is 3.25. The Bertz CT molecular complexity index is 304. The SMILES string of the molecule is OC(CBr)C1(c2ccccc2)CCCC1. The van der Waals surface area contributed by atoms with E-state index in [-0.39, 0.29) is 11.5 Å². The van der Waals surface area contributed by atoms with Crippen molar-refractivity contribution in [2.24, 2.45) is 0 Å². The summed E-state index contributed by atoms with van der Waals surface area (Å²) in [4.78, 5) is 0. The van der Waals surface area contributed by atoms with Crippen LogP contribution in [0.2, 0.25) is 0 Å². The second-order valence-corrected chi connectivity index (χ2v) is 5.05. The molecule has 0 heterocycles. The molecular formula is C13H17BrO. The first-order valence-electron chi connectivity index (χ1n) is 5.59. The standard InChI is InChI=1S/C13H17BrO/c14-10-12(15)13(8-4-5-9-13)11-6-2-1-3-7-11/h1-3,6-7,12,15H,4-5,8-10H2. The molecule has 1 aromatic carbocycles. The number of rotatable bonds is 3. The number of benzene rings is 1. The Kier molecular flexibility index (Phi) is 3.47. The van der Waals surface area contributed by atoms with Crippen molar-refractivity contribution in [3.05, 3.63) is 35.9 Å². The number of hydrogen-bond donors (Lipinski definition) is 1. The Morgan fingerprint density at radius 1 is 1.20 bits per heavy atom. The van der Waals surface area contributed by atoms with Gasteiger partial charge in [0.05, 0.1) is 6.10 Å². The lowest BCUT2D eigenvalue weighted by Crippen LogP contribution is -2.38. The van der Waals surface area contributed by atoms with Gasteiger partial charge in [-0.1, -0.05) is 59.1 Å². The summed E-state index contributed by atoms with van der Waals surface area (Å²) < 4.78 is 0. The molecule has 0 amide bonds. The molecule has 0 bridgehead atoms. The summed E-state index contributed by atoms with van der Waals surface area (Å²) in [5.41, 5.74) is 1.31. The van der Waals surface area contributed by atoms with Gasteiger partial charge in [-0.25, -0.2) is 0 Å². The molecule has 15 heavy (non-hydrogen) atoms. The predicted molar refractivity (Wildman–Crippen MR) is 66.4 cm³/mol. The molecule has 1 aliphatic carbocycles. The number of aliphatic hydroxyl groups excluding tert-OH is 1. The third-order valence-corrected chi connectivity index (χ3v) is 4.24. The van der Waals surface area contributed by atoms with Crippen molar-refractivity contribution in [1.82, 2.24) is 0 Å². The van der Waals surface area contributed by atoms with Gasteiger partial charge in [-0.15, -0.1) is 0 Å². The average Bonchev–Trinajstić information content (AvgIpc) is 2.79. The number of alkyl halides is 1. The topological polar surface area (TPSA) is 20.2 Å². The molecule has 0 spiro atoms. The maximum atomic E-state index is 10.2. The quantitative estimate of drug-likeness (QED) is 0.835. The lowest BCUT2D eigenvalue weighted by Gasteiger charge is -2.34. The van der Waals surface area contributed by atoms with E-state index in [0.717, 1.165) is 12.8 Å². The van der Waals surface area contributed by atoms with E-state index in [2.05, 4.69) is 40.2 Å². The minimum atomic E-state index is -0.262. The van der Waals surface area contributed by atoms with Gasteiger partial charge in [0.15, 0.2) is 0 Å². The monoisotopic (exact) mass is 268 g/mol. The molecule has 1 aromatic rings. The van der Waals surface area contributed by atoms with Crippen LogP contribution in [0.1, 0.15) is 31.2 Å². The summed E-state index contributed by atoms with van der Waals surface area (Å²) in [6.07, 6.45) is 4.44. The van der Waals surface area contributed by atoms with Gasteiger partial charge >= 0.3 is 0 Å². The van der Waals surface area contributed by atoms with Gasteiger partial charge < -0.3 is 5.11 Å². The van der Waals surface area contributed by atoms with E-state index in [1.54, 1.807) is 0 Å². The Morgan fingerprint density at radius 2 is 1.80 bits per heavy atom. The third kappa shape index (κ3) is 1.98. The van der Waals surface area contributed by atoms with E-state index in [4.69, 9.17) is 0 Å². The highest BCUT2D eigenvalue weighted by Gasteiger charge is 2.41. The minimum Gasteiger partial charge on any atom is -0.391 e. The van der Waals surface area contributed by atoms with E-state index < -0.39 is 0 Å². The molecule has 1 aliphatic rings. The van der Waals surface area contributed by atoms with E-state index in [1.165, 1.54) is 18.4 Å². The van der Waals surface area contributed by atoms with Gasteiger partial charge in [0, 0.05) is 10.7 Å². The van der Waals surface area contributed by atoms with E-state index in [9.17, 15) is 5.11 Å². The second-order valence-electron chi connectivity index (χ2n) is 4.40. The zero-order valence-electron chi connectivity index (χ0n) is 8.82. The summed E-state index contributed by atoms with van der Waals surface area (Å²) in [6, 6.07) is 10.5. The van der Waals surface area contributed by atoms with Gasteiger partial charge in [0.25, 0.3) is 0 Å². The zero-order valence-corrected chi connectivity index (χ0v) is 10.4.